The van der Waals surface area contributed by atoms with Crippen molar-refractivity contribution in [2.75, 3.05) is 17.2 Å². The number of nitrogens with zero attached hydrogens (tertiary/aromatic N) is 2. The Labute approximate surface area is 162 Å². The zero-order valence-electron chi connectivity index (χ0n) is 15.6. The number of aromatic nitrogens is 2. The summed E-state index contributed by atoms with van der Waals surface area (Å²) in [4.78, 5) is 32.5. The molecule has 3 aromatic rings. The van der Waals surface area contributed by atoms with E-state index in [-0.39, 0.29) is 23.3 Å². The van der Waals surface area contributed by atoms with Gasteiger partial charge in [-0.2, -0.15) is 0 Å². The van der Waals surface area contributed by atoms with Crippen LogP contribution in [0.1, 0.15) is 34.7 Å². The first kappa shape index (κ1) is 19.0. The number of carbonyl (C=O) groups is 2. The molecule has 0 saturated heterocycles. The molecule has 0 atom stereocenters. The third-order valence-electron chi connectivity index (χ3n) is 3.85. The molecule has 28 heavy (non-hydrogen) atoms. The van der Waals surface area contributed by atoms with Gasteiger partial charge in [-0.05, 0) is 44.2 Å². The number of amides is 1. The van der Waals surface area contributed by atoms with E-state index in [0.29, 0.717) is 29.3 Å². The summed E-state index contributed by atoms with van der Waals surface area (Å²) in [7, 11) is 0. The van der Waals surface area contributed by atoms with Crippen molar-refractivity contribution in [3.05, 3.63) is 72.1 Å². The first-order chi connectivity index (χ1) is 13.6. The Morgan fingerprint density at radius 3 is 2.68 bits per heavy atom. The second-order valence-electron chi connectivity index (χ2n) is 5.91. The van der Waals surface area contributed by atoms with Crippen LogP contribution in [-0.2, 0) is 0 Å². The number of hydrogen-bond donors (Lipinski definition) is 2. The molecule has 1 amide bonds. The maximum Gasteiger partial charge on any atom is 0.274 e. The number of carbonyl (C=O) groups excluding carboxylic acids is 2. The van der Waals surface area contributed by atoms with E-state index in [0.717, 1.165) is 0 Å². The lowest BCUT2D eigenvalue weighted by atomic mass is 10.1. The minimum Gasteiger partial charge on any atom is -0.492 e. The molecule has 7 nitrogen and oxygen atoms in total. The van der Waals surface area contributed by atoms with Gasteiger partial charge in [-0.1, -0.05) is 24.3 Å². The SMILES string of the molecule is CCOc1ccccc1NC(=O)c1ccnc(Nc2cccc(C(C)=O)c2)n1. The molecular formula is C21H20N4O3. The summed E-state index contributed by atoms with van der Waals surface area (Å²) in [5.41, 5.74) is 2.00. The van der Waals surface area contributed by atoms with E-state index in [1.54, 1.807) is 36.4 Å². The molecule has 0 fully saturated rings. The molecular weight excluding hydrogens is 356 g/mol. The van der Waals surface area contributed by atoms with E-state index in [4.69, 9.17) is 4.74 Å². The van der Waals surface area contributed by atoms with Gasteiger partial charge in [0.1, 0.15) is 11.4 Å². The Bertz CT molecular complexity index is 1000. The van der Waals surface area contributed by atoms with Crippen molar-refractivity contribution >= 4 is 29.0 Å². The highest BCUT2D eigenvalue weighted by Crippen LogP contribution is 2.24. The number of para-hydroxylation sites is 2. The van der Waals surface area contributed by atoms with Crippen molar-refractivity contribution < 1.29 is 14.3 Å². The molecule has 3 rings (SSSR count). The molecule has 1 heterocycles. The lowest BCUT2D eigenvalue weighted by molar-refractivity contribution is 0.101. The number of nitrogens with one attached hydrogen (secondary N) is 2. The van der Waals surface area contributed by atoms with Gasteiger partial charge in [0.25, 0.3) is 5.91 Å². The van der Waals surface area contributed by atoms with Gasteiger partial charge >= 0.3 is 0 Å². The predicted octanol–water partition coefficient (Wildman–Crippen LogP) is 4.07. The normalized spacial score (nSPS) is 10.2. The highest BCUT2D eigenvalue weighted by molar-refractivity contribution is 6.03. The van der Waals surface area contributed by atoms with Crippen molar-refractivity contribution in [3.63, 3.8) is 0 Å². The summed E-state index contributed by atoms with van der Waals surface area (Å²) in [6, 6.07) is 15.7. The topological polar surface area (TPSA) is 93.2 Å². The molecule has 0 aliphatic carbocycles. The predicted molar refractivity (Wildman–Crippen MR) is 107 cm³/mol. The van der Waals surface area contributed by atoms with Crippen LogP contribution in [0.2, 0.25) is 0 Å². The van der Waals surface area contributed by atoms with E-state index in [1.165, 1.54) is 19.2 Å². The molecule has 2 N–H and O–H groups in total. The number of anilines is 3. The van der Waals surface area contributed by atoms with Crippen LogP contribution in [0, 0.1) is 0 Å². The summed E-state index contributed by atoms with van der Waals surface area (Å²) in [6.45, 7) is 3.87. The van der Waals surface area contributed by atoms with Crippen LogP contribution in [0.3, 0.4) is 0 Å². The average Bonchev–Trinajstić information content (AvgIpc) is 2.70. The Hall–Kier alpha value is -3.74. The molecule has 2 aromatic carbocycles. The minimum atomic E-state index is -0.380. The Kier molecular flexibility index (Phi) is 5.96. The highest BCUT2D eigenvalue weighted by Gasteiger charge is 2.12. The second kappa shape index (κ2) is 8.77. The molecule has 1 aromatic heterocycles. The van der Waals surface area contributed by atoms with Crippen LogP contribution in [-0.4, -0.2) is 28.3 Å². The molecule has 142 valence electrons. The minimum absolute atomic E-state index is 0.0364. The summed E-state index contributed by atoms with van der Waals surface area (Å²) >= 11 is 0. The third-order valence-corrected chi connectivity index (χ3v) is 3.85. The van der Waals surface area contributed by atoms with E-state index in [9.17, 15) is 9.59 Å². The average molecular weight is 376 g/mol. The van der Waals surface area contributed by atoms with Crippen molar-refractivity contribution in [2.24, 2.45) is 0 Å². The molecule has 0 bridgehead atoms. The van der Waals surface area contributed by atoms with E-state index < -0.39 is 0 Å². The lowest BCUT2D eigenvalue weighted by Gasteiger charge is -2.11. The van der Waals surface area contributed by atoms with Crippen LogP contribution in [0.25, 0.3) is 0 Å². The van der Waals surface area contributed by atoms with Crippen molar-refractivity contribution in [1.82, 2.24) is 9.97 Å². The number of Topliss-reactive ketones (excluding diaryl/α,β-unsaturated/α-hetero) is 1. The molecule has 0 radical (unpaired) electrons. The quantitative estimate of drug-likeness (QED) is 0.604. The Balaban J connectivity index is 1.77. The maximum absolute atomic E-state index is 12.6. The molecule has 7 heteroatoms. The van der Waals surface area contributed by atoms with Crippen molar-refractivity contribution in [1.29, 1.82) is 0 Å². The van der Waals surface area contributed by atoms with Crippen molar-refractivity contribution in [3.8, 4) is 5.75 Å². The van der Waals surface area contributed by atoms with Crippen LogP contribution in [0.4, 0.5) is 17.3 Å². The van der Waals surface area contributed by atoms with Crippen LogP contribution in [0.5, 0.6) is 5.75 Å². The van der Waals surface area contributed by atoms with Gasteiger partial charge in [-0.25, -0.2) is 9.97 Å². The van der Waals surface area contributed by atoms with E-state index in [1.807, 2.05) is 19.1 Å². The number of benzene rings is 2. The zero-order chi connectivity index (χ0) is 19.9. The standard InChI is InChI=1S/C21H20N4O3/c1-3-28-19-10-5-4-9-17(19)24-20(27)18-11-12-22-21(25-18)23-16-8-6-7-15(13-16)14(2)26/h4-13H,3H2,1-2H3,(H,24,27)(H,22,23,25). The van der Waals surface area contributed by atoms with Crippen LogP contribution < -0.4 is 15.4 Å². The monoisotopic (exact) mass is 376 g/mol. The van der Waals surface area contributed by atoms with Gasteiger partial charge in [-0.15, -0.1) is 0 Å². The highest BCUT2D eigenvalue weighted by atomic mass is 16.5. The Morgan fingerprint density at radius 1 is 1.07 bits per heavy atom. The third kappa shape index (κ3) is 4.70. The first-order valence-corrected chi connectivity index (χ1v) is 8.81. The molecule has 0 saturated carbocycles. The van der Waals surface area contributed by atoms with Gasteiger partial charge in [0.2, 0.25) is 5.95 Å². The second-order valence-corrected chi connectivity index (χ2v) is 5.91. The van der Waals surface area contributed by atoms with Gasteiger partial charge < -0.3 is 15.4 Å². The number of ketones is 1. The fourth-order valence-electron chi connectivity index (χ4n) is 2.53. The van der Waals surface area contributed by atoms with E-state index in [2.05, 4.69) is 20.6 Å². The Morgan fingerprint density at radius 2 is 1.89 bits per heavy atom. The number of hydrogen-bond acceptors (Lipinski definition) is 6. The van der Waals surface area contributed by atoms with Gasteiger partial charge in [0.05, 0.1) is 12.3 Å². The fourth-order valence-corrected chi connectivity index (χ4v) is 2.53. The van der Waals surface area contributed by atoms with Gasteiger partial charge in [-0.3, -0.25) is 9.59 Å². The summed E-state index contributed by atoms with van der Waals surface area (Å²) in [5.74, 6) is 0.430. The van der Waals surface area contributed by atoms with E-state index >= 15 is 0 Å². The van der Waals surface area contributed by atoms with Crippen molar-refractivity contribution in [2.45, 2.75) is 13.8 Å². The summed E-state index contributed by atoms with van der Waals surface area (Å²) in [5, 5.41) is 5.81. The smallest absolute Gasteiger partial charge is 0.274 e. The summed E-state index contributed by atoms with van der Waals surface area (Å²) < 4.78 is 5.52. The molecule has 0 aliphatic heterocycles. The lowest BCUT2D eigenvalue weighted by Crippen LogP contribution is -2.15. The fraction of sp³-hybridized carbons (Fsp3) is 0.143. The largest absolute Gasteiger partial charge is 0.492 e. The van der Waals surface area contributed by atoms with Crippen LogP contribution >= 0.6 is 0 Å². The summed E-state index contributed by atoms with van der Waals surface area (Å²) in [6.07, 6.45) is 1.49. The van der Waals surface area contributed by atoms with Crippen LogP contribution in [0.15, 0.2) is 60.8 Å². The number of ether oxygens (including phenoxy) is 1. The number of rotatable bonds is 7. The van der Waals surface area contributed by atoms with Gasteiger partial charge in [0, 0.05) is 17.4 Å². The zero-order valence-corrected chi connectivity index (χ0v) is 15.6. The van der Waals surface area contributed by atoms with Gasteiger partial charge in [0.15, 0.2) is 5.78 Å². The maximum atomic E-state index is 12.6. The molecule has 0 aliphatic rings. The molecule has 0 spiro atoms. The first-order valence-electron chi connectivity index (χ1n) is 8.81. The molecule has 0 unspecified atom stereocenters.